The minimum Gasteiger partial charge on any atom is -0.354 e. The molecule has 1 aromatic rings. The molecular formula is C9H5F3N4O2. The number of carbonyl (C=O) groups excluding carboxylic acids is 1. The molecule has 0 spiro atoms. The lowest BCUT2D eigenvalue weighted by Gasteiger charge is -2.23. The van der Waals surface area contributed by atoms with Crippen LogP contribution in [0.1, 0.15) is 5.69 Å². The zero-order chi connectivity index (χ0) is 13.4. The number of aliphatic hydroxyl groups is 1. The molecular weight excluding hydrogens is 253 g/mol. The van der Waals surface area contributed by atoms with Crippen LogP contribution in [0.3, 0.4) is 0 Å². The van der Waals surface area contributed by atoms with Crippen molar-refractivity contribution in [2.45, 2.75) is 11.9 Å². The third-order valence-corrected chi connectivity index (χ3v) is 2.08. The van der Waals surface area contributed by atoms with Gasteiger partial charge in [0.15, 0.2) is 0 Å². The standard InChI is InChI=1S/C9H5F3N4O2/c10-9(11,12)8(18)7(17)14-6(15-16-8)5-3-1-2-4-13-5/h1-4,18H. The number of pyridine rings is 1. The van der Waals surface area contributed by atoms with Crippen LogP contribution in [0.5, 0.6) is 0 Å². The number of halogens is 3. The van der Waals surface area contributed by atoms with E-state index in [0.29, 0.717) is 0 Å². The SMILES string of the molecule is O=C1N=C(c2ccccn2)N=NC1(O)C(F)(F)F. The van der Waals surface area contributed by atoms with Gasteiger partial charge in [-0.2, -0.15) is 18.2 Å². The predicted molar refractivity (Wildman–Crippen MR) is 51.6 cm³/mol. The molecule has 2 heterocycles. The monoisotopic (exact) mass is 258 g/mol. The average Bonchev–Trinajstić information content (AvgIpc) is 2.32. The van der Waals surface area contributed by atoms with Gasteiger partial charge in [0, 0.05) is 6.20 Å². The second-order valence-corrected chi connectivity index (χ2v) is 3.33. The summed E-state index contributed by atoms with van der Waals surface area (Å²) in [6.45, 7) is 0. The van der Waals surface area contributed by atoms with Crippen LogP contribution < -0.4 is 0 Å². The molecule has 9 heteroatoms. The number of nitrogens with zero attached hydrogens (tertiary/aromatic N) is 4. The maximum absolute atomic E-state index is 12.4. The van der Waals surface area contributed by atoms with Crippen LogP contribution in [-0.2, 0) is 4.79 Å². The van der Waals surface area contributed by atoms with E-state index in [2.05, 4.69) is 20.2 Å². The van der Waals surface area contributed by atoms with Crippen molar-refractivity contribution >= 4 is 11.7 Å². The second kappa shape index (κ2) is 3.95. The van der Waals surface area contributed by atoms with E-state index in [1.807, 2.05) is 0 Å². The molecule has 94 valence electrons. The lowest BCUT2D eigenvalue weighted by molar-refractivity contribution is -0.249. The molecule has 2 rings (SSSR count). The molecule has 0 bridgehead atoms. The first-order chi connectivity index (χ1) is 8.34. The summed E-state index contributed by atoms with van der Waals surface area (Å²) in [7, 11) is 0. The third-order valence-electron chi connectivity index (χ3n) is 2.08. The first-order valence-electron chi connectivity index (χ1n) is 4.61. The Morgan fingerprint density at radius 2 is 2.00 bits per heavy atom. The number of rotatable bonds is 1. The summed E-state index contributed by atoms with van der Waals surface area (Å²) in [5.74, 6) is -2.22. The fraction of sp³-hybridized carbons (Fsp3) is 0.222. The predicted octanol–water partition coefficient (Wildman–Crippen LogP) is 1.07. The summed E-state index contributed by atoms with van der Waals surface area (Å²) < 4.78 is 37.2. The molecule has 1 N–H and O–H groups in total. The molecule has 0 fully saturated rings. The van der Waals surface area contributed by atoms with Crippen LogP contribution in [0.4, 0.5) is 13.2 Å². The van der Waals surface area contributed by atoms with Crippen LogP contribution in [0, 0.1) is 0 Å². The maximum Gasteiger partial charge on any atom is 0.450 e. The Morgan fingerprint density at radius 1 is 1.28 bits per heavy atom. The normalized spacial score (nSPS) is 24.0. The van der Waals surface area contributed by atoms with Crippen molar-refractivity contribution in [3.05, 3.63) is 30.1 Å². The van der Waals surface area contributed by atoms with Crippen molar-refractivity contribution in [1.29, 1.82) is 0 Å². The topological polar surface area (TPSA) is 87.3 Å². The largest absolute Gasteiger partial charge is 0.450 e. The quantitative estimate of drug-likeness (QED) is 0.817. The number of azo groups is 1. The Bertz CT molecular complexity index is 540. The Balaban J connectivity index is 2.37. The summed E-state index contributed by atoms with van der Waals surface area (Å²) in [4.78, 5) is 18.0. The minimum atomic E-state index is -5.27. The number of amides is 1. The van der Waals surface area contributed by atoms with Crippen LogP contribution in [-0.4, -0.2) is 33.7 Å². The lowest BCUT2D eigenvalue weighted by atomic mass is 10.2. The van der Waals surface area contributed by atoms with Gasteiger partial charge in [-0.05, 0) is 12.1 Å². The highest BCUT2D eigenvalue weighted by molar-refractivity contribution is 6.07. The maximum atomic E-state index is 12.4. The van der Waals surface area contributed by atoms with E-state index in [4.69, 9.17) is 5.11 Å². The smallest absolute Gasteiger partial charge is 0.354 e. The first-order valence-corrected chi connectivity index (χ1v) is 4.61. The number of hydrogen-bond donors (Lipinski definition) is 1. The Labute approximate surface area is 97.9 Å². The Kier molecular flexibility index (Phi) is 2.70. The molecule has 1 aromatic heterocycles. The van der Waals surface area contributed by atoms with Gasteiger partial charge in [-0.25, -0.2) is 0 Å². The van der Waals surface area contributed by atoms with Crippen LogP contribution in [0.25, 0.3) is 0 Å². The summed E-state index contributed by atoms with van der Waals surface area (Å²) in [5.41, 5.74) is -3.83. The van der Waals surface area contributed by atoms with E-state index in [0.717, 1.165) is 0 Å². The average molecular weight is 258 g/mol. The summed E-state index contributed by atoms with van der Waals surface area (Å²) in [6.07, 6.45) is -3.92. The first kappa shape index (κ1) is 12.3. The summed E-state index contributed by atoms with van der Waals surface area (Å²) >= 11 is 0. The molecule has 6 nitrogen and oxygen atoms in total. The second-order valence-electron chi connectivity index (χ2n) is 3.33. The minimum absolute atomic E-state index is 0.0822. The number of hydrogen-bond acceptors (Lipinski definition) is 5. The molecule has 1 unspecified atom stereocenters. The molecule has 18 heavy (non-hydrogen) atoms. The van der Waals surface area contributed by atoms with E-state index in [1.54, 1.807) is 6.07 Å². The highest BCUT2D eigenvalue weighted by Gasteiger charge is 2.62. The van der Waals surface area contributed by atoms with Crippen molar-refractivity contribution in [3.8, 4) is 0 Å². The van der Waals surface area contributed by atoms with Gasteiger partial charge in [0.25, 0.3) is 0 Å². The number of amidine groups is 1. The molecule has 1 aliphatic rings. The number of aliphatic imine (C=N–C) groups is 1. The zero-order valence-electron chi connectivity index (χ0n) is 8.59. The molecule has 0 radical (unpaired) electrons. The van der Waals surface area contributed by atoms with Gasteiger partial charge in [-0.3, -0.25) is 9.78 Å². The fourth-order valence-electron chi connectivity index (χ4n) is 1.14. The zero-order valence-corrected chi connectivity index (χ0v) is 8.59. The van der Waals surface area contributed by atoms with Crippen LogP contribution in [0.2, 0.25) is 0 Å². The van der Waals surface area contributed by atoms with E-state index >= 15 is 0 Å². The molecule has 0 saturated heterocycles. The lowest BCUT2D eigenvalue weighted by Crippen LogP contribution is -2.51. The number of alkyl halides is 3. The van der Waals surface area contributed by atoms with Gasteiger partial charge in [0.1, 0.15) is 5.69 Å². The molecule has 1 atom stereocenters. The van der Waals surface area contributed by atoms with E-state index < -0.39 is 17.8 Å². The van der Waals surface area contributed by atoms with Crippen molar-refractivity contribution in [1.82, 2.24) is 4.98 Å². The van der Waals surface area contributed by atoms with E-state index in [9.17, 15) is 18.0 Å². The van der Waals surface area contributed by atoms with Gasteiger partial charge in [-0.1, -0.05) is 6.07 Å². The summed E-state index contributed by atoms with van der Waals surface area (Å²) in [5, 5.41) is 14.8. The molecule has 1 aliphatic heterocycles. The van der Waals surface area contributed by atoms with Gasteiger partial charge in [0.05, 0.1) is 0 Å². The van der Waals surface area contributed by atoms with Gasteiger partial charge in [0.2, 0.25) is 5.84 Å². The van der Waals surface area contributed by atoms with E-state index in [1.165, 1.54) is 18.3 Å². The molecule has 0 aliphatic carbocycles. The summed E-state index contributed by atoms with van der Waals surface area (Å²) in [6, 6.07) is 4.50. The van der Waals surface area contributed by atoms with Gasteiger partial charge < -0.3 is 5.11 Å². The van der Waals surface area contributed by atoms with Crippen molar-refractivity contribution < 1.29 is 23.1 Å². The fourth-order valence-corrected chi connectivity index (χ4v) is 1.14. The van der Waals surface area contributed by atoms with E-state index in [-0.39, 0.29) is 11.5 Å². The highest BCUT2D eigenvalue weighted by atomic mass is 19.4. The number of aromatic nitrogens is 1. The Morgan fingerprint density at radius 3 is 2.50 bits per heavy atom. The van der Waals surface area contributed by atoms with Gasteiger partial charge in [-0.15, -0.1) is 10.2 Å². The van der Waals surface area contributed by atoms with Gasteiger partial charge >= 0.3 is 17.8 Å². The molecule has 0 aromatic carbocycles. The molecule has 1 amide bonds. The molecule has 0 saturated carbocycles. The highest BCUT2D eigenvalue weighted by Crippen LogP contribution is 2.34. The Hall–Kier alpha value is -2.16. The van der Waals surface area contributed by atoms with Crippen LogP contribution in [0.15, 0.2) is 39.6 Å². The number of carbonyl (C=O) groups is 1. The van der Waals surface area contributed by atoms with Crippen LogP contribution >= 0.6 is 0 Å². The van der Waals surface area contributed by atoms with Crippen molar-refractivity contribution in [2.75, 3.05) is 0 Å². The van der Waals surface area contributed by atoms with Crippen molar-refractivity contribution in [2.24, 2.45) is 15.2 Å². The third kappa shape index (κ3) is 1.88. The van der Waals surface area contributed by atoms with Crippen molar-refractivity contribution in [3.63, 3.8) is 0 Å².